The molecule has 3 aromatic rings. The zero-order valence-corrected chi connectivity index (χ0v) is 17.7. The number of quaternary nitrogens is 1. The van der Waals surface area contributed by atoms with E-state index in [4.69, 9.17) is 13.9 Å². The second-order valence-electron chi connectivity index (χ2n) is 8.14. The van der Waals surface area contributed by atoms with Gasteiger partial charge in [0.25, 0.3) is 0 Å². The van der Waals surface area contributed by atoms with Gasteiger partial charge in [0.2, 0.25) is 11.2 Å². The van der Waals surface area contributed by atoms with Crippen LogP contribution in [0.1, 0.15) is 31.1 Å². The lowest BCUT2D eigenvalue weighted by atomic mass is 9.98. The highest BCUT2D eigenvalue weighted by molar-refractivity contribution is 5.83. The minimum absolute atomic E-state index is 0.156. The summed E-state index contributed by atoms with van der Waals surface area (Å²) >= 11 is 0. The van der Waals surface area contributed by atoms with E-state index in [0.717, 1.165) is 19.0 Å². The van der Waals surface area contributed by atoms with Crippen LogP contribution in [0.2, 0.25) is 0 Å². The number of phenolic OH excluding ortho intramolecular Hbond substituents is 1. The van der Waals surface area contributed by atoms with Crippen molar-refractivity contribution >= 4 is 11.0 Å². The molecule has 1 aliphatic rings. The maximum atomic E-state index is 13.2. The van der Waals surface area contributed by atoms with Gasteiger partial charge < -0.3 is 23.9 Å². The summed E-state index contributed by atoms with van der Waals surface area (Å²) in [6.45, 7) is 6.73. The molecule has 0 amide bonds. The van der Waals surface area contributed by atoms with Crippen molar-refractivity contribution in [2.45, 2.75) is 33.2 Å². The number of methoxy groups -OCH3 is 1. The third kappa shape index (κ3) is 4.00. The van der Waals surface area contributed by atoms with Crippen LogP contribution in [-0.2, 0) is 6.54 Å². The Bertz CT molecular complexity index is 1100. The number of hydrogen-bond donors (Lipinski definition) is 2. The van der Waals surface area contributed by atoms with Gasteiger partial charge in [0.05, 0.1) is 31.1 Å². The predicted octanol–water partition coefficient (Wildman–Crippen LogP) is 3.42. The molecule has 0 bridgehead atoms. The molecule has 0 unspecified atom stereocenters. The highest BCUT2D eigenvalue weighted by atomic mass is 16.5. The number of benzene rings is 2. The third-order valence-corrected chi connectivity index (χ3v) is 5.95. The van der Waals surface area contributed by atoms with Crippen LogP contribution in [0.25, 0.3) is 11.0 Å². The Hall–Kier alpha value is -2.99. The molecule has 30 heavy (non-hydrogen) atoms. The minimum Gasteiger partial charge on any atom is -0.507 e. The number of ether oxygens (including phenoxy) is 2. The van der Waals surface area contributed by atoms with Crippen molar-refractivity contribution in [1.82, 2.24) is 0 Å². The van der Waals surface area contributed by atoms with Crippen LogP contribution in [0.4, 0.5) is 0 Å². The van der Waals surface area contributed by atoms with E-state index in [1.807, 2.05) is 0 Å². The van der Waals surface area contributed by atoms with Gasteiger partial charge in [0.15, 0.2) is 5.58 Å². The molecule has 4 rings (SSSR count). The highest BCUT2D eigenvalue weighted by Gasteiger charge is 2.24. The summed E-state index contributed by atoms with van der Waals surface area (Å²) in [7, 11) is 1.59. The van der Waals surface area contributed by atoms with E-state index in [-0.39, 0.29) is 16.9 Å². The Morgan fingerprint density at radius 3 is 2.43 bits per heavy atom. The molecule has 2 aromatic carbocycles. The van der Waals surface area contributed by atoms with Gasteiger partial charge in [-0.1, -0.05) is 6.92 Å². The van der Waals surface area contributed by atoms with E-state index in [1.54, 1.807) is 50.4 Å². The highest BCUT2D eigenvalue weighted by Crippen LogP contribution is 2.31. The molecule has 158 valence electrons. The second kappa shape index (κ2) is 8.40. The van der Waals surface area contributed by atoms with Gasteiger partial charge in [0.1, 0.15) is 29.6 Å². The Morgan fingerprint density at radius 1 is 1.10 bits per heavy atom. The van der Waals surface area contributed by atoms with Gasteiger partial charge >= 0.3 is 0 Å². The Balaban J connectivity index is 1.70. The molecule has 0 aliphatic carbocycles. The number of phenols is 1. The normalized spacial score (nSPS) is 19.0. The van der Waals surface area contributed by atoms with E-state index in [0.29, 0.717) is 40.3 Å². The molecule has 1 aromatic heterocycles. The molecule has 2 N–H and O–H groups in total. The predicted molar refractivity (Wildman–Crippen MR) is 115 cm³/mol. The first-order valence-electron chi connectivity index (χ1n) is 10.4. The van der Waals surface area contributed by atoms with Gasteiger partial charge in [-0.15, -0.1) is 0 Å². The van der Waals surface area contributed by atoms with E-state index >= 15 is 0 Å². The smallest absolute Gasteiger partial charge is 0.235 e. The number of aryl methyl sites for hydroxylation is 1. The average molecular weight is 410 g/mol. The molecule has 0 spiro atoms. The lowest BCUT2D eigenvalue weighted by Gasteiger charge is -2.27. The molecule has 6 heteroatoms. The van der Waals surface area contributed by atoms with Crippen molar-refractivity contribution in [3.05, 3.63) is 57.9 Å². The molecular weight excluding hydrogens is 382 g/mol. The summed E-state index contributed by atoms with van der Waals surface area (Å²) in [5, 5.41) is 10.9. The monoisotopic (exact) mass is 410 g/mol. The van der Waals surface area contributed by atoms with Crippen LogP contribution in [0.5, 0.6) is 23.0 Å². The topological polar surface area (TPSA) is 73.3 Å². The lowest BCUT2D eigenvalue weighted by molar-refractivity contribution is -0.919. The third-order valence-electron chi connectivity index (χ3n) is 5.95. The molecule has 0 saturated carbocycles. The first kappa shape index (κ1) is 20.3. The van der Waals surface area contributed by atoms with Crippen molar-refractivity contribution in [3.8, 4) is 23.0 Å². The molecule has 0 atom stereocenters. The van der Waals surface area contributed by atoms with Gasteiger partial charge in [-0.3, -0.25) is 4.79 Å². The fraction of sp³-hybridized carbons (Fsp3) is 0.375. The summed E-state index contributed by atoms with van der Waals surface area (Å²) in [6, 6.07) is 10.2. The summed E-state index contributed by atoms with van der Waals surface area (Å²) in [5.74, 6) is 2.68. The van der Waals surface area contributed by atoms with Crippen molar-refractivity contribution in [2.75, 3.05) is 20.2 Å². The first-order chi connectivity index (χ1) is 14.5. The SMILES string of the molecule is COc1ccc(Oc2c(C)oc3c(C[NH+]4CCC(C)CC4)c(O)ccc3c2=O)cc1. The number of nitrogens with one attached hydrogen (secondary N) is 1. The van der Waals surface area contributed by atoms with Crippen LogP contribution in [0, 0.1) is 12.8 Å². The largest absolute Gasteiger partial charge is 0.507 e. The Morgan fingerprint density at radius 2 is 1.77 bits per heavy atom. The number of fused-ring (bicyclic) bond motifs is 1. The first-order valence-corrected chi connectivity index (χ1v) is 10.4. The standard InChI is InChI=1S/C24H27NO5/c1-15-10-12-25(13-11-15)14-20-21(26)9-8-19-22(27)23(16(2)29-24(19)20)30-18-6-4-17(28-3)5-7-18/h4-9,15,26H,10-14H2,1-3H3/p+1. The number of aromatic hydroxyl groups is 1. The van der Waals surface area contributed by atoms with E-state index in [2.05, 4.69) is 6.92 Å². The summed E-state index contributed by atoms with van der Waals surface area (Å²) in [5.41, 5.74) is 0.895. The number of piperidine rings is 1. The minimum atomic E-state index is -0.243. The molecule has 1 aliphatic heterocycles. The van der Waals surface area contributed by atoms with Gasteiger partial charge in [-0.25, -0.2) is 0 Å². The van der Waals surface area contributed by atoms with Crippen LogP contribution in [-0.4, -0.2) is 25.3 Å². The summed E-state index contributed by atoms with van der Waals surface area (Å²) < 4.78 is 17.0. The van der Waals surface area contributed by atoms with Crippen molar-refractivity contribution < 1.29 is 23.9 Å². The fourth-order valence-electron chi connectivity index (χ4n) is 4.04. The Kier molecular flexibility index (Phi) is 5.68. The van der Waals surface area contributed by atoms with Crippen molar-refractivity contribution in [3.63, 3.8) is 0 Å². The zero-order valence-electron chi connectivity index (χ0n) is 17.7. The fourth-order valence-corrected chi connectivity index (χ4v) is 4.04. The van der Waals surface area contributed by atoms with Gasteiger partial charge in [-0.2, -0.15) is 0 Å². The number of hydrogen-bond acceptors (Lipinski definition) is 5. The quantitative estimate of drug-likeness (QED) is 0.674. The second-order valence-corrected chi connectivity index (χ2v) is 8.14. The molecule has 1 fully saturated rings. The van der Waals surface area contributed by atoms with E-state index in [9.17, 15) is 9.90 Å². The Labute approximate surface area is 175 Å². The van der Waals surface area contributed by atoms with Crippen LogP contribution in [0.15, 0.2) is 45.6 Å². The van der Waals surface area contributed by atoms with Crippen LogP contribution < -0.4 is 19.8 Å². The molecule has 2 heterocycles. The molecular formula is C24H28NO5+. The summed E-state index contributed by atoms with van der Waals surface area (Å²) in [4.78, 5) is 14.6. The van der Waals surface area contributed by atoms with Crippen LogP contribution in [0.3, 0.4) is 0 Å². The molecule has 6 nitrogen and oxygen atoms in total. The van der Waals surface area contributed by atoms with Crippen molar-refractivity contribution in [1.29, 1.82) is 0 Å². The maximum Gasteiger partial charge on any atom is 0.235 e. The van der Waals surface area contributed by atoms with Crippen molar-refractivity contribution in [2.24, 2.45) is 5.92 Å². The molecule has 1 saturated heterocycles. The van der Waals surface area contributed by atoms with E-state index < -0.39 is 0 Å². The maximum absolute atomic E-state index is 13.2. The average Bonchev–Trinajstić information content (AvgIpc) is 2.75. The number of rotatable bonds is 5. The van der Waals surface area contributed by atoms with E-state index in [1.165, 1.54) is 17.7 Å². The number of likely N-dealkylation sites (tertiary alicyclic amines) is 1. The molecule has 0 radical (unpaired) electrons. The van der Waals surface area contributed by atoms with Gasteiger partial charge in [-0.05, 0) is 62.1 Å². The zero-order chi connectivity index (χ0) is 21.3. The summed E-state index contributed by atoms with van der Waals surface area (Å²) in [6.07, 6.45) is 2.34. The van der Waals surface area contributed by atoms with Gasteiger partial charge in [0, 0.05) is 0 Å². The lowest BCUT2D eigenvalue weighted by Crippen LogP contribution is -3.11. The van der Waals surface area contributed by atoms with Crippen LogP contribution >= 0.6 is 0 Å².